The molecule has 0 aliphatic carbocycles. The van der Waals surface area contributed by atoms with Gasteiger partial charge in [0, 0.05) is 0 Å². The third-order valence-electron chi connectivity index (χ3n) is 3.16. The number of H-pyrrole nitrogens is 1. The average molecular weight is 284 g/mol. The summed E-state index contributed by atoms with van der Waals surface area (Å²) < 4.78 is 14.1. The first-order valence-corrected chi connectivity index (χ1v) is 5.80. The van der Waals surface area contributed by atoms with Crippen LogP contribution in [0.4, 0.5) is 5.95 Å². The molecule has 0 aromatic carbocycles. The molecule has 2 aromatic rings. The number of aliphatic hydroxyl groups excluding tert-OH is 3. The monoisotopic (exact) mass is 284 g/mol. The molecule has 4 atom stereocenters. The van der Waals surface area contributed by atoms with Crippen molar-refractivity contribution in [3.63, 3.8) is 0 Å². The highest BCUT2D eigenvalue weighted by molar-refractivity contribution is 5.70. The summed E-state index contributed by atoms with van der Waals surface area (Å²) in [5, 5.41) is 28.8. The molecule has 3 heterocycles. The van der Waals surface area contributed by atoms with Crippen molar-refractivity contribution in [2.45, 2.75) is 24.5 Å². The Kier molecular flexibility index (Phi) is 2.67. The minimum Gasteiger partial charge on any atom is -0.394 e. The number of hydrogen-bond acceptors (Lipinski definition) is 8. The third kappa shape index (κ3) is 1.78. The summed E-state index contributed by atoms with van der Waals surface area (Å²) in [4.78, 5) is 21.6. The van der Waals surface area contributed by atoms with Gasteiger partial charge in [-0.3, -0.25) is 14.3 Å². The van der Waals surface area contributed by atoms with Gasteiger partial charge < -0.3 is 25.8 Å². The van der Waals surface area contributed by atoms with E-state index in [0.29, 0.717) is 0 Å². The Morgan fingerprint density at radius 2 is 2.30 bits per heavy atom. The number of nitrogens with two attached hydrogens (primary N) is 1. The molecule has 2 aromatic heterocycles. The van der Waals surface area contributed by atoms with Crippen molar-refractivity contribution in [3.8, 4) is 0 Å². The number of aromatic amines is 1. The SMILES string of the molecule is [2H]c1nc2c(=O)[nH]c(N)nc2n1C1OC(CO)C(O)C1O. The molecular weight excluding hydrogens is 270 g/mol. The molecule has 1 aliphatic rings. The number of hydrogen-bond donors (Lipinski definition) is 5. The molecule has 1 fully saturated rings. The van der Waals surface area contributed by atoms with Gasteiger partial charge in [-0.15, -0.1) is 0 Å². The van der Waals surface area contributed by atoms with E-state index in [4.69, 9.17) is 16.9 Å². The average Bonchev–Trinajstić information content (AvgIpc) is 2.89. The summed E-state index contributed by atoms with van der Waals surface area (Å²) in [5.74, 6) is -0.180. The van der Waals surface area contributed by atoms with E-state index in [1.165, 1.54) is 0 Å². The van der Waals surface area contributed by atoms with Crippen LogP contribution in [0, 0.1) is 0 Å². The lowest BCUT2D eigenvalue weighted by Gasteiger charge is -2.16. The first kappa shape index (κ1) is 11.8. The molecule has 0 spiro atoms. The number of aliphatic hydroxyl groups is 3. The molecule has 1 saturated heterocycles. The molecule has 10 nitrogen and oxygen atoms in total. The second-order valence-corrected chi connectivity index (χ2v) is 4.43. The van der Waals surface area contributed by atoms with E-state index >= 15 is 0 Å². The van der Waals surface area contributed by atoms with Gasteiger partial charge in [-0.05, 0) is 0 Å². The number of anilines is 1. The van der Waals surface area contributed by atoms with Gasteiger partial charge in [-0.1, -0.05) is 0 Å². The number of nitrogens with zero attached hydrogens (tertiary/aromatic N) is 3. The van der Waals surface area contributed by atoms with Crippen molar-refractivity contribution in [2.75, 3.05) is 12.3 Å². The smallest absolute Gasteiger partial charge is 0.280 e. The Morgan fingerprint density at radius 3 is 2.95 bits per heavy atom. The molecule has 10 heteroatoms. The summed E-state index contributed by atoms with van der Waals surface area (Å²) in [6.45, 7) is -0.509. The molecule has 0 saturated carbocycles. The Balaban J connectivity index is 2.17. The van der Waals surface area contributed by atoms with E-state index in [-0.39, 0.29) is 23.4 Å². The van der Waals surface area contributed by atoms with Crippen molar-refractivity contribution in [3.05, 3.63) is 16.7 Å². The fourth-order valence-corrected chi connectivity index (χ4v) is 2.16. The number of nitrogens with one attached hydrogen (secondary N) is 1. The first-order valence-electron chi connectivity index (χ1n) is 6.30. The van der Waals surface area contributed by atoms with Gasteiger partial charge in [0.1, 0.15) is 19.7 Å². The number of imidazole rings is 1. The van der Waals surface area contributed by atoms with Crippen LogP contribution in [0.1, 0.15) is 7.60 Å². The summed E-state index contributed by atoms with van der Waals surface area (Å²) in [6.07, 6.45) is -5.35. The molecule has 3 rings (SSSR count). The lowest BCUT2D eigenvalue weighted by Crippen LogP contribution is -2.33. The highest BCUT2D eigenvalue weighted by Gasteiger charge is 2.44. The normalized spacial score (nSPS) is 30.9. The number of fused-ring (bicyclic) bond motifs is 1. The Labute approximate surface area is 112 Å². The standard InChI is InChI=1S/C10H13N5O5/c11-10-13-7-4(8(19)14-10)12-2-15(7)9-6(18)5(17)3(1-16)20-9/h2-3,5-6,9,16-18H,1H2,(H3,11,13,14,19)/i2D. The predicted molar refractivity (Wildman–Crippen MR) is 65.6 cm³/mol. The van der Waals surface area contributed by atoms with Crippen LogP contribution in [0.5, 0.6) is 0 Å². The maximum atomic E-state index is 11.7. The minimum absolute atomic E-state index is 0.0453. The lowest BCUT2D eigenvalue weighted by molar-refractivity contribution is -0.0511. The van der Waals surface area contributed by atoms with E-state index in [0.717, 1.165) is 4.57 Å². The van der Waals surface area contributed by atoms with Gasteiger partial charge in [0.05, 0.1) is 12.9 Å². The van der Waals surface area contributed by atoms with Crippen LogP contribution in [0.3, 0.4) is 0 Å². The minimum atomic E-state index is -1.41. The van der Waals surface area contributed by atoms with Crippen molar-refractivity contribution in [2.24, 2.45) is 0 Å². The van der Waals surface area contributed by atoms with Gasteiger partial charge in [0.15, 0.2) is 17.4 Å². The molecule has 0 amide bonds. The topological polar surface area (TPSA) is 160 Å². The second kappa shape index (κ2) is 4.52. The van der Waals surface area contributed by atoms with Crippen molar-refractivity contribution >= 4 is 17.1 Å². The van der Waals surface area contributed by atoms with E-state index in [1.807, 2.05) is 0 Å². The summed E-state index contributed by atoms with van der Waals surface area (Å²) in [6, 6.07) is 0. The van der Waals surface area contributed by atoms with Crippen LogP contribution in [0.25, 0.3) is 11.2 Å². The van der Waals surface area contributed by atoms with E-state index in [2.05, 4.69) is 15.0 Å². The molecule has 0 radical (unpaired) electrons. The fourth-order valence-electron chi connectivity index (χ4n) is 2.16. The molecule has 0 bridgehead atoms. The van der Waals surface area contributed by atoms with E-state index < -0.39 is 36.7 Å². The molecule has 6 N–H and O–H groups in total. The molecular formula is C10H13N5O5. The molecule has 20 heavy (non-hydrogen) atoms. The summed E-state index contributed by atoms with van der Waals surface area (Å²) in [7, 11) is 0. The first-order chi connectivity index (χ1) is 9.93. The lowest BCUT2D eigenvalue weighted by atomic mass is 10.1. The maximum absolute atomic E-state index is 11.7. The zero-order valence-corrected chi connectivity index (χ0v) is 10.1. The third-order valence-corrected chi connectivity index (χ3v) is 3.16. The zero-order chi connectivity index (χ0) is 15.3. The van der Waals surface area contributed by atoms with Crippen LogP contribution in [0.15, 0.2) is 11.1 Å². The number of aromatic nitrogens is 4. The summed E-state index contributed by atoms with van der Waals surface area (Å²) >= 11 is 0. The zero-order valence-electron chi connectivity index (χ0n) is 11.1. The molecule has 1 aliphatic heterocycles. The predicted octanol–water partition coefficient (Wildman–Crippen LogP) is -2.69. The summed E-state index contributed by atoms with van der Waals surface area (Å²) in [5.41, 5.74) is 4.65. The van der Waals surface area contributed by atoms with Crippen LogP contribution in [-0.2, 0) is 4.74 Å². The molecule has 4 unspecified atom stereocenters. The maximum Gasteiger partial charge on any atom is 0.280 e. The van der Waals surface area contributed by atoms with Gasteiger partial charge >= 0.3 is 0 Å². The largest absolute Gasteiger partial charge is 0.394 e. The fraction of sp³-hybridized carbons (Fsp3) is 0.500. The van der Waals surface area contributed by atoms with Crippen LogP contribution < -0.4 is 11.3 Å². The number of ether oxygens (including phenoxy) is 1. The number of rotatable bonds is 2. The van der Waals surface area contributed by atoms with Gasteiger partial charge in [0.2, 0.25) is 5.95 Å². The Hall–Kier alpha value is -2.01. The van der Waals surface area contributed by atoms with Gasteiger partial charge in [-0.2, -0.15) is 4.98 Å². The Morgan fingerprint density at radius 1 is 1.55 bits per heavy atom. The highest BCUT2D eigenvalue weighted by atomic mass is 16.6. The van der Waals surface area contributed by atoms with Crippen LogP contribution in [0.2, 0.25) is 0 Å². The van der Waals surface area contributed by atoms with Crippen molar-refractivity contribution in [1.82, 2.24) is 19.5 Å². The van der Waals surface area contributed by atoms with Crippen LogP contribution in [-0.4, -0.2) is 59.8 Å². The second-order valence-electron chi connectivity index (χ2n) is 4.43. The van der Waals surface area contributed by atoms with E-state index in [9.17, 15) is 15.0 Å². The number of nitrogen functional groups attached to an aromatic ring is 1. The Bertz CT molecular complexity index is 745. The van der Waals surface area contributed by atoms with Crippen LogP contribution >= 0.6 is 0 Å². The molecule has 108 valence electrons. The van der Waals surface area contributed by atoms with Crippen molar-refractivity contribution < 1.29 is 21.4 Å². The quantitative estimate of drug-likeness (QED) is 0.398. The van der Waals surface area contributed by atoms with Gasteiger partial charge in [-0.25, -0.2) is 4.98 Å². The van der Waals surface area contributed by atoms with Crippen molar-refractivity contribution in [1.29, 1.82) is 0 Å². The van der Waals surface area contributed by atoms with Gasteiger partial charge in [0.25, 0.3) is 5.56 Å². The highest BCUT2D eigenvalue weighted by Crippen LogP contribution is 2.30. The van der Waals surface area contributed by atoms with E-state index in [1.54, 1.807) is 0 Å².